The first-order chi connectivity index (χ1) is 8.71. The number of alkyl halides is 6. The van der Waals surface area contributed by atoms with Crippen LogP contribution in [0, 0.1) is 0 Å². The average molecular weight is 428 g/mol. The highest BCUT2D eigenvalue weighted by molar-refractivity contribution is 8.57. The van der Waals surface area contributed by atoms with Gasteiger partial charge in [-0.25, -0.2) is 4.52 Å². The number of hydrogen-bond donors (Lipinski definition) is 0. The highest BCUT2D eigenvalue weighted by Crippen LogP contribution is 2.82. The van der Waals surface area contributed by atoms with Crippen molar-refractivity contribution < 1.29 is 40.0 Å². The predicted octanol–water partition coefficient (Wildman–Crippen LogP) is 6.51. The number of rotatable bonds is 6. The topological polar surface area (TPSA) is 47.9 Å². The van der Waals surface area contributed by atoms with E-state index in [1.807, 2.05) is 0 Å². The molecule has 0 heterocycles. The minimum atomic E-state index is -4.82. The molecule has 0 bridgehead atoms. The molecule has 0 N–H and O–H groups in total. The molecule has 4 nitrogen and oxygen atoms in total. The number of hydrogen-bond acceptors (Lipinski definition) is 4. The maximum absolute atomic E-state index is 11.9. The molecule has 0 aromatic rings. The van der Waals surface area contributed by atoms with E-state index in [0.29, 0.717) is 0 Å². The Morgan fingerprint density at radius 1 is 1.05 bits per heavy atom. The van der Waals surface area contributed by atoms with Crippen molar-refractivity contribution in [2.24, 2.45) is 4.52 Å². The summed E-state index contributed by atoms with van der Waals surface area (Å²) in [6.45, 7) is -6.84. The third-order valence-electron chi connectivity index (χ3n) is 1.06. The van der Waals surface area contributed by atoms with Crippen LogP contribution in [-0.4, -0.2) is 25.6 Å². The molecule has 1 atom stereocenters. The molecule has 0 spiro atoms. The molecule has 0 rings (SSSR count). The SMILES string of the molecule is O=P(Cl)(Cl)/[PH](Cl)=N/P(OCC(F)(F)F)OCC(F)(F)F. The van der Waals surface area contributed by atoms with Crippen molar-refractivity contribution in [3.8, 4) is 0 Å². The maximum Gasteiger partial charge on any atom is 0.412 e. The monoisotopic (exact) mass is 427 g/mol. The summed E-state index contributed by atoms with van der Waals surface area (Å²) in [6.07, 6.45) is -9.63. The normalized spacial score (nSPS) is 15.9. The summed E-state index contributed by atoms with van der Waals surface area (Å²) in [6, 6.07) is 0. The van der Waals surface area contributed by atoms with Gasteiger partial charge in [-0.3, -0.25) is 4.57 Å². The van der Waals surface area contributed by atoms with Crippen LogP contribution in [0.15, 0.2) is 4.52 Å². The van der Waals surface area contributed by atoms with E-state index in [9.17, 15) is 30.9 Å². The van der Waals surface area contributed by atoms with E-state index in [1.165, 1.54) is 0 Å². The van der Waals surface area contributed by atoms with Gasteiger partial charge in [-0.15, -0.1) is 0 Å². The smallest absolute Gasteiger partial charge is 0.307 e. The van der Waals surface area contributed by atoms with Gasteiger partial charge in [0.2, 0.25) is 0 Å². The molecule has 0 fully saturated rings. The van der Waals surface area contributed by atoms with Crippen molar-refractivity contribution in [2.75, 3.05) is 13.2 Å². The van der Waals surface area contributed by atoms with Gasteiger partial charge in [0.05, 0.1) is 0 Å². The van der Waals surface area contributed by atoms with Crippen molar-refractivity contribution >= 4 is 54.5 Å². The summed E-state index contributed by atoms with van der Waals surface area (Å²) >= 11 is 15.6. The van der Waals surface area contributed by atoms with Crippen molar-refractivity contribution in [1.82, 2.24) is 0 Å². The van der Waals surface area contributed by atoms with Gasteiger partial charge >= 0.3 is 20.9 Å². The van der Waals surface area contributed by atoms with E-state index >= 15 is 0 Å². The Morgan fingerprint density at radius 3 is 1.65 bits per heavy atom. The molecule has 16 heteroatoms. The standard InChI is InChI=1S/C4H5Cl3F6NO3P3/c5-18(20(6,7)15)14-19(16-1-3(8,9)10)17-2-4(11,12)13/h18H,1-2H2. The van der Waals surface area contributed by atoms with Gasteiger partial charge in [-0.05, 0) is 22.5 Å². The second-order valence-electron chi connectivity index (χ2n) is 2.85. The van der Waals surface area contributed by atoms with Crippen molar-refractivity contribution in [3.63, 3.8) is 0 Å². The molecule has 0 amide bonds. The van der Waals surface area contributed by atoms with Crippen LogP contribution in [0.25, 0.3) is 0 Å². The van der Waals surface area contributed by atoms with Crippen LogP contribution in [-0.2, 0) is 13.6 Å². The molecule has 0 saturated carbocycles. The summed E-state index contributed by atoms with van der Waals surface area (Å²) in [5.74, 6) is 0. The van der Waals surface area contributed by atoms with Crippen molar-refractivity contribution in [3.05, 3.63) is 0 Å². The Balaban J connectivity index is 4.84. The largest absolute Gasteiger partial charge is 0.412 e. The van der Waals surface area contributed by atoms with Crippen LogP contribution in [0.2, 0.25) is 0 Å². The molecule has 0 aliphatic rings. The van der Waals surface area contributed by atoms with E-state index < -0.39 is 46.4 Å². The maximum atomic E-state index is 11.9. The summed E-state index contributed by atoms with van der Waals surface area (Å²) in [4.78, 5) is 0. The molecule has 122 valence electrons. The molecule has 0 saturated heterocycles. The molecular formula is C4H5Cl3F6NO3P3. The van der Waals surface area contributed by atoms with Crippen LogP contribution in [0.4, 0.5) is 26.3 Å². The van der Waals surface area contributed by atoms with E-state index in [4.69, 9.17) is 33.7 Å². The van der Waals surface area contributed by atoms with Crippen LogP contribution >= 0.6 is 54.5 Å². The summed E-state index contributed by atoms with van der Waals surface area (Å²) in [5, 5.41) is 0. The zero-order valence-corrected chi connectivity index (χ0v) is 13.9. The third-order valence-corrected chi connectivity index (χ3v) is 12.9. The van der Waals surface area contributed by atoms with Crippen LogP contribution in [0.1, 0.15) is 0 Å². The molecule has 0 radical (unpaired) electrons. The Morgan fingerprint density at radius 2 is 1.40 bits per heavy atom. The lowest BCUT2D eigenvalue weighted by atomic mass is 10.7. The summed E-state index contributed by atoms with van der Waals surface area (Å²) in [5.41, 5.74) is -4.00. The first kappa shape index (κ1) is 21.3. The van der Waals surface area contributed by atoms with Gasteiger partial charge in [-0.1, -0.05) is 11.2 Å². The van der Waals surface area contributed by atoms with E-state index in [-0.39, 0.29) is 0 Å². The molecule has 0 aliphatic heterocycles. The van der Waals surface area contributed by atoms with Gasteiger partial charge < -0.3 is 9.05 Å². The van der Waals surface area contributed by atoms with Crippen LogP contribution in [0.5, 0.6) is 0 Å². The Labute approximate surface area is 125 Å². The highest BCUT2D eigenvalue weighted by Gasteiger charge is 2.34. The lowest BCUT2D eigenvalue weighted by Gasteiger charge is -2.16. The Hall–Kier alpha value is 1.26. The Bertz CT molecular complexity index is 379. The Kier molecular flexibility index (Phi) is 8.72. The molecule has 1 unspecified atom stereocenters. The number of halogens is 9. The molecular weight excluding hydrogens is 423 g/mol. The lowest BCUT2D eigenvalue weighted by molar-refractivity contribution is -0.162. The first-order valence-electron chi connectivity index (χ1n) is 4.14. The highest BCUT2D eigenvalue weighted by atomic mass is 35.9. The quantitative estimate of drug-likeness (QED) is 0.358. The molecule has 0 aliphatic carbocycles. The van der Waals surface area contributed by atoms with Crippen LogP contribution < -0.4 is 0 Å². The average Bonchev–Trinajstić information content (AvgIpc) is 2.17. The van der Waals surface area contributed by atoms with Crippen LogP contribution in [0.3, 0.4) is 0 Å². The van der Waals surface area contributed by atoms with Crippen molar-refractivity contribution in [2.45, 2.75) is 12.4 Å². The predicted molar refractivity (Wildman–Crippen MR) is 66.8 cm³/mol. The zero-order chi connectivity index (χ0) is 16.2. The summed E-state index contributed by atoms with van der Waals surface area (Å²) in [7, 11) is -3.04. The first-order valence-corrected chi connectivity index (χ1v) is 12.1. The van der Waals surface area contributed by atoms with E-state index in [2.05, 4.69) is 13.6 Å². The molecule has 20 heavy (non-hydrogen) atoms. The fraction of sp³-hybridized carbons (Fsp3) is 1.00. The van der Waals surface area contributed by atoms with Gasteiger partial charge in [0.15, 0.2) is 13.2 Å². The lowest BCUT2D eigenvalue weighted by Crippen LogP contribution is -2.18. The zero-order valence-electron chi connectivity index (χ0n) is 8.88. The fourth-order valence-corrected chi connectivity index (χ4v) is 6.45. The van der Waals surface area contributed by atoms with E-state index in [1.54, 1.807) is 0 Å². The van der Waals surface area contributed by atoms with Gasteiger partial charge in [0, 0.05) is 0 Å². The number of nitrogens with zero attached hydrogens (tertiary/aromatic N) is 1. The minimum Gasteiger partial charge on any atom is -0.307 e. The molecule has 0 aromatic carbocycles. The molecule has 0 aromatic heterocycles. The van der Waals surface area contributed by atoms with Gasteiger partial charge in [0.1, 0.15) is 6.75 Å². The second-order valence-corrected chi connectivity index (χ2v) is 16.2. The van der Waals surface area contributed by atoms with Gasteiger partial charge in [0.25, 0.3) is 5.54 Å². The van der Waals surface area contributed by atoms with Crippen molar-refractivity contribution in [1.29, 1.82) is 0 Å². The van der Waals surface area contributed by atoms with E-state index in [0.717, 1.165) is 0 Å². The summed E-state index contributed by atoms with van der Waals surface area (Å²) < 4.78 is 93.6. The third kappa shape index (κ3) is 11.9. The minimum absolute atomic E-state index is 1.92. The van der Waals surface area contributed by atoms with Gasteiger partial charge in [-0.2, -0.15) is 26.3 Å². The second kappa shape index (κ2) is 8.21. The fourth-order valence-electron chi connectivity index (χ4n) is 0.471.